The second kappa shape index (κ2) is 7.79. The molecule has 1 N–H and O–H groups in total. The van der Waals surface area contributed by atoms with E-state index in [-0.39, 0.29) is 5.82 Å². The summed E-state index contributed by atoms with van der Waals surface area (Å²) in [6.45, 7) is 1.24. The monoisotopic (exact) mass is 398 g/mol. The minimum absolute atomic E-state index is 0.246. The van der Waals surface area contributed by atoms with E-state index in [1.165, 1.54) is 17.7 Å². The van der Waals surface area contributed by atoms with Gasteiger partial charge in [-0.1, -0.05) is 42.5 Å². The van der Waals surface area contributed by atoms with E-state index in [0.29, 0.717) is 18.9 Å². The Bertz CT molecular complexity index is 1270. The summed E-state index contributed by atoms with van der Waals surface area (Å²) in [5, 5.41) is 7.78. The third kappa shape index (κ3) is 3.65. The molecule has 0 fully saturated rings. The van der Waals surface area contributed by atoms with Gasteiger partial charge in [0.15, 0.2) is 11.5 Å². The maximum absolute atomic E-state index is 13.1. The summed E-state index contributed by atoms with van der Waals surface area (Å²) in [7, 11) is 0. The molecule has 0 atom stereocenters. The molecule has 5 aromatic rings. The van der Waals surface area contributed by atoms with Gasteiger partial charge < -0.3 is 5.32 Å². The SMILES string of the molecule is Fc1ccc(CNc2ncc(-c3cnn(Cc4ccccc4)c3)n3ccnc23)cc1. The van der Waals surface area contributed by atoms with Crippen molar-refractivity contribution >= 4 is 11.5 Å². The van der Waals surface area contributed by atoms with Crippen LogP contribution in [0.2, 0.25) is 0 Å². The number of hydrogen-bond acceptors (Lipinski definition) is 4. The summed E-state index contributed by atoms with van der Waals surface area (Å²) in [6.07, 6.45) is 9.31. The van der Waals surface area contributed by atoms with Crippen molar-refractivity contribution in [3.8, 4) is 11.3 Å². The lowest BCUT2D eigenvalue weighted by Crippen LogP contribution is -2.05. The lowest BCUT2D eigenvalue weighted by Gasteiger charge is -2.09. The average Bonchev–Trinajstić information content (AvgIpc) is 3.44. The first-order valence-corrected chi connectivity index (χ1v) is 9.63. The molecule has 2 aromatic carbocycles. The van der Waals surface area contributed by atoms with E-state index in [4.69, 9.17) is 0 Å². The molecule has 3 heterocycles. The number of aromatic nitrogens is 5. The van der Waals surface area contributed by atoms with E-state index in [1.54, 1.807) is 18.3 Å². The highest BCUT2D eigenvalue weighted by atomic mass is 19.1. The molecule has 30 heavy (non-hydrogen) atoms. The summed E-state index contributed by atoms with van der Waals surface area (Å²) >= 11 is 0. The fourth-order valence-electron chi connectivity index (χ4n) is 3.40. The third-order valence-electron chi connectivity index (χ3n) is 4.92. The van der Waals surface area contributed by atoms with Crippen LogP contribution < -0.4 is 5.32 Å². The molecule has 148 valence electrons. The maximum Gasteiger partial charge on any atom is 0.180 e. The van der Waals surface area contributed by atoms with E-state index in [0.717, 1.165) is 22.5 Å². The van der Waals surface area contributed by atoms with Crippen LogP contribution in [0.1, 0.15) is 11.1 Å². The van der Waals surface area contributed by atoms with Crippen LogP contribution in [0.5, 0.6) is 0 Å². The lowest BCUT2D eigenvalue weighted by atomic mass is 10.2. The highest BCUT2D eigenvalue weighted by Gasteiger charge is 2.12. The topological polar surface area (TPSA) is 60.0 Å². The van der Waals surface area contributed by atoms with Crippen molar-refractivity contribution in [2.24, 2.45) is 0 Å². The predicted molar refractivity (Wildman–Crippen MR) is 113 cm³/mol. The number of benzene rings is 2. The van der Waals surface area contributed by atoms with Gasteiger partial charge in [-0.2, -0.15) is 5.10 Å². The van der Waals surface area contributed by atoms with E-state index in [1.807, 2.05) is 52.1 Å². The van der Waals surface area contributed by atoms with E-state index >= 15 is 0 Å². The fourth-order valence-corrected chi connectivity index (χ4v) is 3.40. The zero-order chi connectivity index (χ0) is 20.3. The van der Waals surface area contributed by atoms with Crippen LogP contribution in [0, 0.1) is 5.82 Å². The Labute approximate surface area is 172 Å². The Balaban J connectivity index is 1.39. The first-order chi connectivity index (χ1) is 14.8. The van der Waals surface area contributed by atoms with Gasteiger partial charge in [-0.25, -0.2) is 14.4 Å². The van der Waals surface area contributed by atoms with Crippen molar-refractivity contribution in [3.05, 3.63) is 103 Å². The van der Waals surface area contributed by atoms with Crippen LogP contribution in [0.15, 0.2) is 85.6 Å². The summed E-state index contributed by atoms with van der Waals surface area (Å²) < 4.78 is 17.0. The molecule has 7 heteroatoms. The molecule has 0 unspecified atom stereocenters. The number of fused-ring (bicyclic) bond motifs is 1. The molecule has 0 radical (unpaired) electrons. The van der Waals surface area contributed by atoms with Crippen LogP contribution in [0.25, 0.3) is 16.9 Å². The van der Waals surface area contributed by atoms with Crippen LogP contribution >= 0.6 is 0 Å². The zero-order valence-corrected chi connectivity index (χ0v) is 16.1. The number of rotatable bonds is 6. The smallest absolute Gasteiger partial charge is 0.180 e. The molecule has 0 spiro atoms. The maximum atomic E-state index is 13.1. The Hall–Kier alpha value is -4.00. The van der Waals surface area contributed by atoms with Gasteiger partial charge in [-0.15, -0.1) is 0 Å². The van der Waals surface area contributed by atoms with Gasteiger partial charge in [0.1, 0.15) is 5.82 Å². The highest BCUT2D eigenvalue weighted by Crippen LogP contribution is 2.23. The second-order valence-corrected chi connectivity index (χ2v) is 7.01. The summed E-state index contributed by atoms with van der Waals surface area (Å²) in [4.78, 5) is 9.03. The number of halogens is 1. The molecule has 3 aromatic heterocycles. The van der Waals surface area contributed by atoms with Crippen LogP contribution in [0.3, 0.4) is 0 Å². The molecular formula is C23H19FN6. The number of anilines is 1. The molecule has 0 aliphatic heterocycles. The van der Waals surface area contributed by atoms with Gasteiger partial charge in [-0.3, -0.25) is 9.08 Å². The van der Waals surface area contributed by atoms with Crippen molar-refractivity contribution in [2.75, 3.05) is 5.32 Å². The van der Waals surface area contributed by atoms with Crippen molar-refractivity contribution in [1.29, 1.82) is 0 Å². The highest BCUT2D eigenvalue weighted by molar-refractivity contribution is 5.69. The van der Waals surface area contributed by atoms with Gasteiger partial charge in [0.2, 0.25) is 0 Å². The van der Waals surface area contributed by atoms with Crippen molar-refractivity contribution in [2.45, 2.75) is 13.1 Å². The van der Waals surface area contributed by atoms with Crippen molar-refractivity contribution in [1.82, 2.24) is 24.1 Å². The Kier molecular flexibility index (Phi) is 4.69. The fraction of sp³-hybridized carbons (Fsp3) is 0.0870. The van der Waals surface area contributed by atoms with Gasteiger partial charge in [0, 0.05) is 30.7 Å². The largest absolute Gasteiger partial charge is 0.363 e. The first-order valence-electron chi connectivity index (χ1n) is 9.63. The third-order valence-corrected chi connectivity index (χ3v) is 4.92. The van der Waals surface area contributed by atoms with E-state index in [2.05, 4.69) is 32.5 Å². The van der Waals surface area contributed by atoms with Crippen LogP contribution in [-0.4, -0.2) is 24.1 Å². The van der Waals surface area contributed by atoms with Crippen LogP contribution in [-0.2, 0) is 13.1 Å². The standard InChI is InChI=1S/C23H19FN6/c24-20-8-6-17(7-9-20)12-26-22-23-25-10-11-30(23)21(14-27-22)19-13-28-29(16-19)15-18-4-2-1-3-5-18/h1-11,13-14,16H,12,15H2,(H,26,27). The molecule has 5 rings (SSSR count). The van der Waals surface area contributed by atoms with E-state index < -0.39 is 0 Å². The number of hydrogen-bond donors (Lipinski definition) is 1. The number of imidazole rings is 1. The Morgan fingerprint density at radius 1 is 0.900 bits per heavy atom. The molecule has 0 amide bonds. The number of nitrogens with zero attached hydrogens (tertiary/aromatic N) is 5. The van der Waals surface area contributed by atoms with Crippen molar-refractivity contribution < 1.29 is 4.39 Å². The minimum atomic E-state index is -0.246. The molecule has 0 saturated carbocycles. The predicted octanol–water partition coefficient (Wildman–Crippen LogP) is 4.39. The van der Waals surface area contributed by atoms with E-state index in [9.17, 15) is 4.39 Å². The molecular weight excluding hydrogens is 379 g/mol. The summed E-state index contributed by atoms with van der Waals surface area (Å²) in [5.41, 5.74) is 4.76. The molecule has 0 aliphatic carbocycles. The summed E-state index contributed by atoms with van der Waals surface area (Å²) in [5.74, 6) is 0.425. The number of nitrogens with one attached hydrogen (secondary N) is 1. The minimum Gasteiger partial charge on any atom is -0.363 e. The average molecular weight is 398 g/mol. The Morgan fingerprint density at radius 3 is 2.57 bits per heavy atom. The Morgan fingerprint density at radius 2 is 1.73 bits per heavy atom. The van der Waals surface area contributed by atoms with Gasteiger partial charge in [0.25, 0.3) is 0 Å². The second-order valence-electron chi connectivity index (χ2n) is 7.01. The van der Waals surface area contributed by atoms with Gasteiger partial charge in [0.05, 0.1) is 24.6 Å². The molecule has 0 bridgehead atoms. The zero-order valence-electron chi connectivity index (χ0n) is 16.1. The summed E-state index contributed by atoms with van der Waals surface area (Å²) in [6, 6.07) is 16.6. The van der Waals surface area contributed by atoms with Crippen molar-refractivity contribution in [3.63, 3.8) is 0 Å². The first kappa shape index (κ1) is 18.1. The molecule has 0 aliphatic rings. The van der Waals surface area contributed by atoms with Gasteiger partial charge >= 0.3 is 0 Å². The molecule has 0 saturated heterocycles. The normalized spacial score (nSPS) is 11.1. The quantitative estimate of drug-likeness (QED) is 0.461. The lowest BCUT2D eigenvalue weighted by molar-refractivity contribution is 0.627. The van der Waals surface area contributed by atoms with Crippen LogP contribution in [0.4, 0.5) is 10.2 Å². The molecule has 6 nitrogen and oxygen atoms in total. The van der Waals surface area contributed by atoms with Gasteiger partial charge in [-0.05, 0) is 23.3 Å².